The molecule has 0 heterocycles. The Kier molecular flexibility index (Phi) is 20.9. The van der Waals surface area contributed by atoms with E-state index in [0.717, 1.165) is 32.1 Å². The smallest absolute Gasteiger partial charge is 0.462 e. The lowest BCUT2D eigenvalue weighted by atomic mass is 10.1. The molecule has 39 heavy (non-hydrogen) atoms. The van der Waals surface area contributed by atoms with Gasteiger partial charge in [0.05, 0.1) is 27.7 Å². The summed E-state index contributed by atoms with van der Waals surface area (Å²) in [6.45, 7) is 3.11. The van der Waals surface area contributed by atoms with Crippen LogP contribution in [0, 0.1) is 0 Å². The Morgan fingerprint density at radius 2 is 1.56 bits per heavy atom. The number of unbranched alkanes of at least 4 members (excludes halogenated alkanes) is 7. The third-order valence-corrected chi connectivity index (χ3v) is 6.49. The van der Waals surface area contributed by atoms with Crippen molar-refractivity contribution in [2.45, 2.75) is 90.6 Å². The first-order valence-corrected chi connectivity index (χ1v) is 15.5. The van der Waals surface area contributed by atoms with Gasteiger partial charge in [-0.2, -0.15) is 0 Å². The summed E-state index contributed by atoms with van der Waals surface area (Å²) in [5.41, 5.74) is 0. The van der Waals surface area contributed by atoms with Crippen molar-refractivity contribution in [2.75, 3.05) is 47.5 Å². The lowest BCUT2D eigenvalue weighted by molar-refractivity contribution is -0.870. The number of phosphoric acid groups is 1. The highest BCUT2D eigenvalue weighted by atomic mass is 31.2. The number of carbonyl (C=O) groups excluding carboxylic acids is 3. The highest BCUT2D eigenvalue weighted by molar-refractivity contribution is 7.47. The van der Waals surface area contributed by atoms with Gasteiger partial charge in [0.2, 0.25) is 0 Å². The highest BCUT2D eigenvalue weighted by Gasteiger charge is 2.26. The van der Waals surface area contributed by atoms with Crippen LogP contribution in [0.3, 0.4) is 0 Å². The predicted molar refractivity (Wildman–Crippen MR) is 151 cm³/mol. The Morgan fingerprint density at radius 1 is 0.897 bits per heavy atom. The van der Waals surface area contributed by atoms with E-state index >= 15 is 0 Å². The van der Waals surface area contributed by atoms with Gasteiger partial charge in [-0.3, -0.25) is 23.4 Å². The van der Waals surface area contributed by atoms with E-state index in [1.54, 1.807) is 6.08 Å². The first kappa shape index (κ1) is 37.2. The first-order chi connectivity index (χ1) is 18.3. The van der Waals surface area contributed by atoms with Crippen LogP contribution in [0.1, 0.15) is 84.5 Å². The number of esters is 2. The number of hydrogen-bond donors (Lipinski definition) is 1. The summed E-state index contributed by atoms with van der Waals surface area (Å²) >= 11 is 0. The van der Waals surface area contributed by atoms with Crippen molar-refractivity contribution in [2.24, 2.45) is 0 Å². The topological polar surface area (TPSA) is 125 Å². The molecule has 226 valence electrons. The van der Waals surface area contributed by atoms with E-state index in [0.29, 0.717) is 23.9 Å². The van der Waals surface area contributed by atoms with Crippen LogP contribution in [0.2, 0.25) is 0 Å². The highest BCUT2D eigenvalue weighted by Crippen LogP contribution is 2.43. The zero-order chi connectivity index (χ0) is 29.6. The van der Waals surface area contributed by atoms with Crippen molar-refractivity contribution in [3.63, 3.8) is 0 Å². The maximum absolute atomic E-state index is 12.1. The number of rotatable bonds is 24. The van der Waals surface area contributed by atoms with Gasteiger partial charge in [-0.15, -0.1) is 0 Å². The molecule has 0 amide bonds. The Morgan fingerprint density at radius 3 is 2.21 bits per heavy atom. The molecule has 0 aromatic rings. The molecule has 0 spiro atoms. The van der Waals surface area contributed by atoms with Gasteiger partial charge in [0.25, 0.3) is 0 Å². The average Bonchev–Trinajstić information content (AvgIpc) is 2.83. The number of ketones is 1. The normalized spacial score (nSPS) is 14.4. The fraction of sp³-hybridized carbons (Fsp3) is 0.750. The van der Waals surface area contributed by atoms with Gasteiger partial charge < -0.3 is 18.9 Å². The van der Waals surface area contributed by atoms with Crippen molar-refractivity contribution < 1.29 is 46.8 Å². The standard InChI is InChI=1S/C28H50NO9P/c1-6-7-8-9-10-12-15-18-26(31)19-16-13-11-14-17-20-28(32)35-23-27(38-25(2)30)24-37-39(33,34)36-22-21-29(3,4)5/h10,12,15,18,27H,6-9,11,13-14,16-17,19-24H2,1-5H3/p+1/b12-10-,18-15+/t27-/m1/s1. The van der Waals surface area contributed by atoms with E-state index in [-0.39, 0.29) is 25.4 Å². The molecule has 0 rings (SSSR count). The largest absolute Gasteiger partial charge is 0.472 e. The third-order valence-electron chi connectivity index (χ3n) is 5.51. The fourth-order valence-electron chi connectivity index (χ4n) is 3.29. The molecule has 0 aromatic carbocycles. The monoisotopic (exact) mass is 576 g/mol. The molecular formula is C28H51NO9P+. The summed E-state index contributed by atoms with van der Waals surface area (Å²) in [5.74, 6) is -0.968. The summed E-state index contributed by atoms with van der Waals surface area (Å²) in [6, 6.07) is 0. The molecule has 0 aromatic heterocycles. The SMILES string of the molecule is CCCCC/C=C\C=C\C(=O)CCCCCCCC(=O)OC[C@H](COP(=O)(O)OCC[N+](C)(C)C)OC(C)=O. The van der Waals surface area contributed by atoms with Crippen molar-refractivity contribution in [1.29, 1.82) is 0 Å². The number of likely N-dealkylation sites (N-methyl/N-ethyl adjacent to an activating group) is 1. The Balaban J connectivity index is 4.08. The predicted octanol–water partition coefficient (Wildman–Crippen LogP) is 5.29. The summed E-state index contributed by atoms with van der Waals surface area (Å²) < 4.78 is 32.6. The van der Waals surface area contributed by atoms with Gasteiger partial charge >= 0.3 is 19.8 Å². The van der Waals surface area contributed by atoms with E-state index in [2.05, 4.69) is 13.0 Å². The minimum atomic E-state index is -4.34. The lowest BCUT2D eigenvalue weighted by Crippen LogP contribution is -2.37. The van der Waals surface area contributed by atoms with E-state index in [9.17, 15) is 23.8 Å². The fourth-order valence-corrected chi connectivity index (χ4v) is 4.03. The Hall–Kier alpha value is -1.84. The number of allylic oxidation sites excluding steroid dienone is 4. The number of hydrogen-bond acceptors (Lipinski definition) is 8. The first-order valence-electron chi connectivity index (χ1n) is 14.0. The molecule has 0 saturated carbocycles. The van der Waals surface area contributed by atoms with Gasteiger partial charge in [0.1, 0.15) is 19.8 Å². The summed E-state index contributed by atoms with van der Waals surface area (Å²) in [5, 5.41) is 0. The molecule has 0 aliphatic heterocycles. The van der Waals surface area contributed by atoms with E-state index in [4.69, 9.17) is 18.5 Å². The molecule has 0 bridgehead atoms. The molecule has 0 aliphatic carbocycles. The lowest BCUT2D eigenvalue weighted by Gasteiger charge is -2.24. The molecule has 0 radical (unpaired) electrons. The van der Waals surface area contributed by atoms with Crippen molar-refractivity contribution in [3.8, 4) is 0 Å². The van der Waals surface area contributed by atoms with E-state index in [1.807, 2.05) is 33.3 Å². The summed E-state index contributed by atoms with van der Waals surface area (Å²) in [7, 11) is 1.39. The molecule has 10 nitrogen and oxygen atoms in total. The van der Waals surface area contributed by atoms with Crippen LogP contribution in [0.5, 0.6) is 0 Å². The zero-order valence-electron chi connectivity index (χ0n) is 24.6. The van der Waals surface area contributed by atoms with E-state index < -0.39 is 32.5 Å². The summed E-state index contributed by atoms with van der Waals surface area (Å²) in [4.78, 5) is 45.1. The second kappa shape index (κ2) is 21.9. The van der Waals surface area contributed by atoms with Crippen LogP contribution in [-0.4, -0.2) is 80.7 Å². The van der Waals surface area contributed by atoms with Crippen LogP contribution in [0.25, 0.3) is 0 Å². The number of carbonyl (C=O) groups is 3. The minimum absolute atomic E-state index is 0.00863. The van der Waals surface area contributed by atoms with Crippen molar-refractivity contribution in [3.05, 3.63) is 24.3 Å². The number of quaternary nitrogens is 1. The van der Waals surface area contributed by atoms with Crippen molar-refractivity contribution in [1.82, 2.24) is 0 Å². The second-order valence-corrected chi connectivity index (χ2v) is 12.0. The molecule has 1 N–H and O–H groups in total. The molecular weight excluding hydrogens is 525 g/mol. The van der Waals surface area contributed by atoms with Crippen LogP contribution in [0.15, 0.2) is 24.3 Å². The minimum Gasteiger partial charge on any atom is -0.462 e. The number of ether oxygens (including phenoxy) is 2. The molecule has 11 heteroatoms. The molecule has 0 saturated heterocycles. The maximum Gasteiger partial charge on any atom is 0.472 e. The van der Waals surface area contributed by atoms with Gasteiger partial charge in [-0.05, 0) is 31.8 Å². The van der Waals surface area contributed by atoms with Gasteiger partial charge in [0, 0.05) is 19.8 Å². The third kappa shape index (κ3) is 26.2. The quantitative estimate of drug-likeness (QED) is 0.0407. The van der Waals surface area contributed by atoms with Gasteiger partial charge in [0.15, 0.2) is 11.9 Å². The van der Waals surface area contributed by atoms with Crippen LogP contribution in [0.4, 0.5) is 0 Å². The van der Waals surface area contributed by atoms with E-state index in [1.165, 1.54) is 26.2 Å². The molecule has 2 atom stereocenters. The van der Waals surface area contributed by atoms with Crippen LogP contribution < -0.4 is 0 Å². The second-order valence-electron chi connectivity index (χ2n) is 10.5. The molecule has 0 aliphatic rings. The average molecular weight is 577 g/mol. The molecule has 1 unspecified atom stereocenters. The summed E-state index contributed by atoms with van der Waals surface area (Å²) in [6.07, 6.45) is 15.9. The van der Waals surface area contributed by atoms with Crippen molar-refractivity contribution >= 4 is 25.5 Å². The Labute approximate surface area is 234 Å². The maximum atomic E-state index is 12.1. The Bertz CT molecular complexity index is 805. The number of nitrogens with zero attached hydrogens (tertiary/aromatic N) is 1. The van der Waals surface area contributed by atoms with Crippen LogP contribution >= 0.6 is 7.82 Å². The number of phosphoric ester groups is 1. The molecule has 0 fully saturated rings. The van der Waals surface area contributed by atoms with Crippen LogP contribution in [-0.2, 0) is 37.5 Å². The zero-order valence-corrected chi connectivity index (χ0v) is 25.5. The van der Waals surface area contributed by atoms with Gasteiger partial charge in [-0.1, -0.05) is 57.3 Å². The van der Waals surface area contributed by atoms with Gasteiger partial charge in [-0.25, -0.2) is 4.57 Å².